The number of hydrogen-bond acceptors (Lipinski definition) is 3. The number of carbonyl (C=O) groups is 2. The Kier molecular flexibility index (Phi) is 7.89. The second kappa shape index (κ2) is 9.40. The molecule has 23 heavy (non-hydrogen) atoms. The lowest BCUT2D eigenvalue weighted by Gasteiger charge is -2.21. The average molecular weight is 341 g/mol. The SMILES string of the molecule is CCCCN(CCC)C(=O)C(=O)Nc1cc(C)c(Cl)cc1OC. The third-order valence-electron chi connectivity index (χ3n) is 3.49. The summed E-state index contributed by atoms with van der Waals surface area (Å²) >= 11 is 6.04. The number of halogens is 1. The minimum atomic E-state index is -0.658. The molecule has 0 spiro atoms. The van der Waals surface area contributed by atoms with Gasteiger partial charge in [-0.2, -0.15) is 0 Å². The van der Waals surface area contributed by atoms with Gasteiger partial charge in [-0.05, 0) is 31.4 Å². The number of nitrogens with one attached hydrogen (secondary N) is 1. The molecule has 128 valence electrons. The molecule has 5 nitrogen and oxygen atoms in total. The van der Waals surface area contributed by atoms with Crippen LogP contribution in [0.25, 0.3) is 0 Å². The zero-order valence-corrected chi connectivity index (χ0v) is 15.0. The van der Waals surface area contributed by atoms with E-state index in [0.717, 1.165) is 24.8 Å². The number of hydrogen-bond donors (Lipinski definition) is 1. The zero-order chi connectivity index (χ0) is 17.4. The van der Waals surface area contributed by atoms with Gasteiger partial charge >= 0.3 is 11.8 Å². The maximum Gasteiger partial charge on any atom is 0.314 e. The van der Waals surface area contributed by atoms with Crippen molar-refractivity contribution in [3.8, 4) is 5.75 Å². The lowest BCUT2D eigenvalue weighted by Crippen LogP contribution is -2.40. The summed E-state index contributed by atoms with van der Waals surface area (Å²) in [5.74, 6) is -0.748. The van der Waals surface area contributed by atoms with Gasteiger partial charge in [-0.15, -0.1) is 0 Å². The molecule has 0 aliphatic carbocycles. The number of unbranched alkanes of at least 4 members (excludes halogenated alkanes) is 1. The maximum absolute atomic E-state index is 12.3. The first kappa shape index (κ1) is 19.3. The van der Waals surface area contributed by atoms with E-state index < -0.39 is 11.8 Å². The molecule has 0 aliphatic heterocycles. The Hall–Kier alpha value is -1.75. The smallest absolute Gasteiger partial charge is 0.314 e. The number of amides is 2. The van der Waals surface area contributed by atoms with Gasteiger partial charge in [0, 0.05) is 24.2 Å². The fraction of sp³-hybridized carbons (Fsp3) is 0.529. The van der Waals surface area contributed by atoms with Gasteiger partial charge in [0.25, 0.3) is 0 Å². The summed E-state index contributed by atoms with van der Waals surface area (Å²) in [4.78, 5) is 26.2. The number of ether oxygens (including phenoxy) is 1. The highest BCUT2D eigenvalue weighted by Gasteiger charge is 2.22. The van der Waals surface area contributed by atoms with Crippen molar-refractivity contribution >= 4 is 29.1 Å². The van der Waals surface area contributed by atoms with Crippen LogP contribution in [0.2, 0.25) is 5.02 Å². The van der Waals surface area contributed by atoms with Gasteiger partial charge in [0.15, 0.2) is 0 Å². The molecule has 0 radical (unpaired) electrons. The Morgan fingerprint density at radius 2 is 1.91 bits per heavy atom. The Morgan fingerprint density at radius 3 is 2.48 bits per heavy atom. The molecule has 0 saturated heterocycles. The van der Waals surface area contributed by atoms with E-state index in [4.69, 9.17) is 16.3 Å². The van der Waals surface area contributed by atoms with Gasteiger partial charge in [0.05, 0.1) is 12.8 Å². The Labute approximate surface area is 142 Å². The minimum Gasteiger partial charge on any atom is -0.495 e. The lowest BCUT2D eigenvalue weighted by atomic mass is 10.2. The quantitative estimate of drug-likeness (QED) is 0.771. The minimum absolute atomic E-state index is 0.428. The number of rotatable bonds is 7. The molecule has 0 atom stereocenters. The van der Waals surface area contributed by atoms with Crippen LogP contribution in [0, 0.1) is 6.92 Å². The largest absolute Gasteiger partial charge is 0.495 e. The maximum atomic E-state index is 12.3. The third kappa shape index (κ3) is 5.43. The summed E-state index contributed by atoms with van der Waals surface area (Å²) in [6, 6.07) is 3.32. The molecule has 0 aliphatic rings. The van der Waals surface area contributed by atoms with E-state index in [-0.39, 0.29) is 0 Å². The highest BCUT2D eigenvalue weighted by atomic mass is 35.5. The monoisotopic (exact) mass is 340 g/mol. The molecule has 6 heteroatoms. The highest BCUT2D eigenvalue weighted by molar-refractivity contribution is 6.39. The number of anilines is 1. The van der Waals surface area contributed by atoms with Gasteiger partial charge < -0.3 is 15.0 Å². The molecule has 0 unspecified atom stereocenters. The molecule has 0 bridgehead atoms. The molecule has 1 aromatic carbocycles. The molecule has 1 rings (SSSR count). The topological polar surface area (TPSA) is 58.6 Å². The van der Waals surface area contributed by atoms with Crippen LogP contribution in [0.5, 0.6) is 5.75 Å². The predicted molar refractivity (Wildman–Crippen MR) is 93.1 cm³/mol. The summed E-state index contributed by atoms with van der Waals surface area (Å²) < 4.78 is 5.21. The van der Waals surface area contributed by atoms with Crippen LogP contribution in [0.1, 0.15) is 38.7 Å². The molecule has 0 fully saturated rings. The molecule has 0 saturated carbocycles. The third-order valence-corrected chi connectivity index (χ3v) is 3.89. The molecule has 1 aromatic rings. The summed E-state index contributed by atoms with van der Waals surface area (Å²) in [6.07, 6.45) is 2.66. The first-order valence-corrected chi connectivity index (χ1v) is 8.26. The summed E-state index contributed by atoms with van der Waals surface area (Å²) in [5.41, 5.74) is 1.24. The number of aryl methyl sites for hydroxylation is 1. The Bertz CT molecular complexity index is 561. The van der Waals surface area contributed by atoms with Crippen molar-refractivity contribution in [2.24, 2.45) is 0 Å². The Morgan fingerprint density at radius 1 is 1.22 bits per heavy atom. The van der Waals surface area contributed by atoms with Gasteiger partial charge in [0.1, 0.15) is 5.75 Å². The summed E-state index contributed by atoms with van der Waals surface area (Å²) in [7, 11) is 1.49. The van der Waals surface area contributed by atoms with E-state index >= 15 is 0 Å². The van der Waals surface area contributed by atoms with Crippen LogP contribution in [0.15, 0.2) is 12.1 Å². The predicted octanol–water partition coefficient (Wildman–Crippen LogP) is 3.63. The molecular formula is C17H25ClN2O3. The number of carbonyl (C=O) groups excluding carboxylic acids is 2. The van der Waals surface area contributed by atoms with E-state index in [1.165, 1.54) is 7.11 Å². The van der Waals surface area contributed by atoms with Crippen LogP contribution < -0.4 is 10.1 Å². The van der Waals surface area contributed by atoms with E-state index in [2.05, 4.69) is 12.2 Å². The molecule has 2 amide bonds. The number of benzene rings is 1. The van der Waals surface area contributed by atoms with Crippen molar-refractivity contribution in [1.29, 1.82) is 0 Å². The van der Waals surface area contributed by atoms with Gasteiger partial charge in [-0.25, -0.2) is 0 Å². The lowest BCUT2D eigenvalue weighted by molar-refractivity contribution is -0.143. The summed E-state index contributed by atoms with van der Waals surface area (Å²) in [5, 5.41) is 3.17. The van der Waals surface area contributed by atoms with Crippen molar-refractivity contribution in [2.45, 2.75) is 40.0 Å². The zero-order valence-electron chi connectivity index (χ0n) is 14.2. The van der Waals surface area contributed by atoms with Crippen molar-refractivity contribution < 1.29 is 14.3 Å². The summed E-state index contributed by atoms with van der Waals surface area (Å²) in [6.45, 7) is 7.02. The first-order valence-electron chi connectivity index (χ1n) is 7.88. The normalized spacial score (nSPS) is 10.3. The fourth-order valence-corrected chi connectivity index (χ4v) is 2.34. The first-order chi connectivity index (χ1) is 10.9. The van der Waals surface area contributed by atoms with Crippen LogP contribution >= 0.6 is 11.6 Å². The van der Waals surface area contributed by atoms with Crippen LogP contribution in [0.4, 0.5) is 5.69 Å². The standard InChI is InChI=1S/C17H25ClN2O3/c1-5-7-9-20(8-6-2)17(22)16(21)19-14-10-12(3)13(18)11-15(14)23-4/h10-11H,5-9H2,1-4H3,(H,19,21). The van der Waals surface area contributed by atoms with E-state index in [9.17, 15) is 9.59 Å². The van der Waals surface area contributed by atoms with Crippen LogP contribution in [0.3, 0.4) is 0 Å². The van der Waals surface area contributed by atoms with E-state index in [0.29, 0.717) is 29.5 Å². The molecule has 0 aromatic heterocycles. The van der Waals surface area contributed by atoms with Crippen LogP contribution in [-0.4, -0.2) is 36.9 Å². The van der Waals surface area contributed by atoms with Crippen molar-refractivity contribution in [2.75, 3.05) is 25.5 Å². The molecule has 0 heterocycles. The second-order valence-electron chi connectivity index (χ2n) is 5.40. The number of methoxy groups -OCH3 is 1. The number of nitrogens with zero attached hydrogens (tertiary/aromatic N) is 1. The van der Waals surface area contributed by atoms with Crippen molar-refractivity contribution in [1.82, 2.24) is 4.90 Å². The van der Waals surface area contributed by atoms with Gasteiger partial charge in [-0.1, -0.05) is 31.9 Å². The second-order valence-corrected chi connectivity index (χ2v) is 5.81. The van der Waals surface area contributed by atoms with Crippen molar-refractivity contribution in [3.05, 3.63) is 22.7 Å². The van der Waals surface area contributed by atoms with Crippen LogP contribution in [-0.2, 0) is 9.59 Å². The molecule has 1 N–H and O–H groups in total. The van der Waals surface area contributed by atoms with Gasteiger partial charge in [0.2, 0.25) is 0 Å². The fourth-order valence-electron chi connectivity index (χ4n) is 2.18. The van der Waals surface area contributed by atoms with Crippen molar-refractivity contribution in [3.63, 3.8) is 0 Å². The average Bonchev–Trinajstić information content (AvgIpc) is 2.53. The van der Waals surface area contributed by atoms with E-state index in [1.807, 2.05) is 13.8 Å². The van der Waals surface area contributed by atoms with Gasteiger partial charge in [-0.3, -0.25) is 9.59 Å². The Balaban J connectivity index is 2.88. The molecular weight excluding hydrogens is 316 g/mol. The highest BCUT2D eigenvalue weighted by Crippen LogP contribution is 2.30. The van der Waals surface area contributed by atoms with E-state index in [1.54, 1.807) is 17.0 Å².